The lowest BCUT2D eigenvalue weighted by molar-refractivity contribution is 0.447. The fraction of sp³-hybridized carbons (Fsp3) is 0.636. The van der Waals surface area contributed by atoms with Crippen LogP contribution in [0.15, 0.2) is 17.2 Å². The molecule has 1 unspecified atom stereocenters. The van der Waals surface area contributed by atoms with Crippen LogP contribution in [-0.2, 0) is 7.05 Å². The van der Waals surface area contributed by atoms with E-state index in [1.807, 2.05) is 0 Å². The number of nitrogens with zero attached hydrogens (tertiary/aromatic N) is 3. The molecule has 1 aliphatic rings. The quantitative estimate of drug-likeness (QED) is 0.732. The maximum Gasteiger partial charge on any atom is 0.293 e. The third-order valence-electron chi connectivity index (χ3n) is 3.04. The maximum absolute atomic E-state index is 11.9. The minimum absolute atomic E-state index is 0.0299. The first-order valence-electron chi connectivity index (χ1n) is 5.55. The van der Waals surface area contributed by atoms with Crippen molar-refractivity contribution in [3.63, 3.8) is 0 Å². The van der Waals surface area contributed by atoms with Gasteiger partial charge in [-0.3, -0.25) is 4.79 Å². The number of hydrogen-bond acceptors (Lipinski definition) is 3. The van der Waals surface area contributed by atoms with Gasteiger partial charge in [0.15, 0.2) is 5.82 Å². The molecule has 2 heterocycles. The van der Waals surface area contributed by atoms with E-state index in [9.17, 15) is 4.79 Å². The first kappa shape index (κ1) is 11.5. The van der Waals surface area contributed by atoms with Gasteiger partial charge in [0.05, 0.1) is 0 Å². The predicted octanol–water partition coefficient (Wildman–Crippen LogP) is 1.24. The van der Waals surface area contributed by atoms with Gasteiger partial charge in [-0.05, 0) is 18.8 Å². The monoisotopic (exact) mass is 241 g/mol. The van der Waals surface area contributed by atoms with Crippen molar-refractivity contribution in [3.8, 4) is 0 Å². The van der Waals surface area contributed by atoms with Crippen molar-refractivity contribution in [3.05, 3.63) is 22.7 Å². The van der Waals surface area contributed by atoms with Gasteiger partial charge in [-0.1, -0.05) is 0 Å². The fourth-order valence-corrected chi connectivity index (χ4v) is 2.34. The molecule has 1 aromatic rings. The van der Waals surface area contributed by atoms with Gasteiger partial charge in [-0.2, -0.15) is 0 Å². The highest BCUT2D eigenvalue weighted by Crippen LogP contribution is 2.19. The number of hydrogen-bond donors (Lipinski definition) is 0. The van der Waals surface area contributed by atoms with Crippen molar-refractivity contribution >= 4 is 17.4 Å². The van der Waals surface area contributed by atoms with Crippen molar-refractivity contribution in [1.82, 2.24) is 9.55 Å². The molecular weight excluding hydrogens is 226 g/mol. The molecule has 1 aliphatic heterocycles. The maximum atomic E-state index is 11.9. The summed E-state index contributed by atoms with van der Waals surface area (Å²) < 4.78 is 1.56. The molecule has 5 heteroatoms. The van der Waals surface area contributed by atoms with Crippen LogP contribution < -0.4 is 10.5 Å². The first-order valence-corrected chi connectivity index (χ1v) is 6.08. The number of rotatable bonds is 2. The van der Waals surface area contributed by atoms with Gasteiger partial charge in [0.1, 0.15) is 0 Å². The van der Waals surface area contributed by atoms with Gasteiger partial charge in [-0.15, -0.1) is 11.6 Å². The largest absolute Gasteiger partial charge is 0.352 e. The smallest absolute Gasteiger partial charge is 0.293 e. The lowest BCUT2D eigenvalue weighted by Gasteiger charge is -2.32. The molecule has 0 amide bonds. The summed E-state index contributed by atoms with van der Waals surface area (Å²) >= 11 is 5.87. The van der Waals surface area contributed by atoms with Gasteiger partial charge < -0.3 is 9.47 Å². The van der Waals surface area contributed by atoms with E-state index in [1.54, 1.807) is 24.0 Å². The molecule has 88 valence electrons. The molecule has 0 aromatic carbocycles. The Labute approximate surface area is 99.9 Å². The average molecular weight is 242 g/mol. The summed E-state index contributed by atoms with van der Waals surface area (Å²) in [6.45, 7) is 1.75. The fourth-order valence-electron chi connectivity index (χ4n) is 2.08. The standard InChI is InChI=1S/C11H16ClN3O/c1-14-6-4-13-10(11(14)16)15-5-2-3-9(7-12)8-15/h4,6,9H,2-3,5,7-8H2,1H3. The SMILES string of the molecule is Cn1ccnc(N2CCCC(CCl)C2)c1=O. The van der Waals surface area contributed by atoms with E-state index >= 15 is 0 Å². The molecule has 0 aliphatic carbocycles. The first-order chi connectivity index (χ1) is 7.72. The van der Waals surface area contributed by atoms with Gasteiger partial charge in [-0.25, -0.2) is 4.98 Å². The van der Waals surface area contributed by atoms with E-state index in [0.29, 0.717) is 17.6 Å². The third kappa shape index (κ3) is 2.21. The summed E-state index contributed by atoms with van der Waals surface area (Å²) in [4.78, 5) is 18.1. The highest BCUT2D eigenvalue weighted by Gasteiger charge is 2.22. The van der Waals surface area contributed by atoms with Crippen LogP contribution in [0, 0.1) is 5.92 Å². The predicted molar refractivity (Wildman–Crippen MR) is 65.1 cm³/mol. The molecule has 0 spiro atoms. The number of anilines is 1. The summed E-state index contributed by atoms with van der Waals surface area (Å²) in [5.41, 5.74) is -0.0299. The second kappa shape index (κ2) is 4.87. The van der Waals surface area contributed by atoms with Gasteiger partial charge in [0.25, 0.3) is 5.56 Å². The Morgan fingerprint density at radius 1 is 1.62 bits per heavy atom. The Hall–Kier alpha value is -1.03. The summed E-state index contributed by atoms with van der Waals surface area (Å²) in [6, 6.07) is 0. The lowest BCUT2D eigenvalue weighted by Crippen LogP contribution is -2.40. The summed E-state index contributed by atoms with van der Waals surface area (Å²) in [5, 5.41) is 0. The Morgan fingerprint density at radius 2 is 2.44 bits per heavy atom. The van der Waals surface area contributed by atoms with E-state index in [2.05, 4.69) is 9.88 Å². The van der Waals surface area contributed by atoms with Gasteiger partial charge in [0.2, 0.25) is 0 Å². The molecule has 0 N–H and O–H groups in total. The van der Waals surface area contributed by atoms with Crippen molar-refractivity contribution in [2.45, 2.75) is 12.8 Å². The zero-order valence-corrected chi connectivity index (χ0v) is 10.2. The second-order valence-corrected chi connectivity index (χ2v) is 4.58. The molecular formula is C11H16ClN3O. The third-order valence-corrected chi connectivity index (χ3v) is 3.47. The Morgan fingerprint density at radius 3 is 3.19 bits per heavy atom. The summed E-state index contributed by atoms with van der Waals surface area (Å²) in [5.74, 6) is 1.69. The highest BCUT2D eigenvalue weighted by atomic mass is 35.5. The normalized spacial score (nSPS) is 21.1. The number of aromatic nitrogens is 2. The van der Waals surface area contributed by atoms with Crippen molar-refractivity contribution < 1.29 is 0 Å². The zero-order chi connectivity index (χ0) is 11.5. The van der Waals surface area contributed by atoms with E-state index in [0.717, 1.165) is 25.9 Å². The van der Waals surface area contributed by atoms with Crippen molar-refractivity contribution in [1.29, 1.82) is 0 Å². The second-order valence-electron chi connectivity index (χ2n) is 4.28. The van der Waals surface area contributed by atoms with Crippen molar-refractivity contribution in [2.75, 3.05) is 23.9 Å². The number of aryl methyl sites for hydroxylation is 1. The molecule has 1 fully saturated rings. The minimum atomic E-state index is -0.0299. The number of piperidine rings is 1. The molecule has 16 heavy (non-hydrogen) atoms. The van der Waals surface area contributed by atoms with Crippen LogP contribution in [0.3, 0.4) is 0 Å². The molecule has 2 rings (SSSR count). The Balaban J connectivity index is 2.23. The van der Waals surface area contributed by atoms with Crippen LogP contribution in [0.2, 0.25) is 0 Å². The molecule has 1 atom stereocenters. The topological polar surface area (TPSA) is 38.1 Å². The summed E-state index contributed by atoms with van der Waals surface area (Å²) in [6.07, 6.45) is 5.57. The summed E-state index contributed by atoms with van der Waals surface area (Å²) in [7, 11) is 1.75. The van der Waals surface area contributed by atoms with E-state index in [4.69, 9.17) is 11.6 Å². The van der Waals surface area contributed by atoms with Gasteiger partial charge in [0, 0.05) is 38.4 Å². The van der Waals surface area contributed by atoms with E-state index in [1.165, 1.54) is 0 Å². The van der Waals surface area contributed by atoms with Crippen LogP contribution in [-0.4, -0.2) is 28.5 Å². The molecule has 0 saturated carbocycles. The molecule has 0 bridgehead atoms. The molecule has 0 radical (unpaired) electrons. The zero-order valence-electron chi connectivity index (χ0n) is 9.40. The molecule has 1 aromatic heterocycles. The van der Waals surface area contributed by atoms with Crippen LogP contribution in [0.25, 0.3) is 0 Å². The van der Waals surface area contributed by atoms with E-state index in [-0.39, 0.29) is 5.56 Å². The highest BCUT2D eigenvalue weighted by molar-refractivity contribution is 6.18. The molecule has 4 nitrogen and oxygen atoms in total. The number of alkyl halides is 1. The minimum Gasteiger partial charge on any atom is -0.352 e. The van der Waals surface area contributed by atoms with Crippen LogP contribution in [0.4, 0.5) is 5.82 Å². The van der Waals surface area contributed by atoms with Gasteiger partial charge >= 0.3 is 0 Å². The Bertz CT molecular complexity index is 418. The van der Waals surface area contributed by atoms with Crippen LogP contribution in [0.5, 0.6) is 0 Å². The van der Waals surface area contributed by atoms with Crippen molar-refractivity contribution in [2.24, 2.45) is 13.0 Å². The lowest BCUT2D eigenvalue weighted by atomic mass is 10.0. The molecule has 1 saturated heterocycles. The van der Waals surface area contributed by atoms with Crippen LogP contribution in [0.1, 0.15) is 12.8 Å². The van der Waals surface area contributed by atoms with Crippen LogP contribution >= 0.6 is 11.6 Å². The van der Waals surface area contributed by atoms with E-state index < -0.39 is 0 Å². The average Bonchev–Trinajstić information content (AvgIpc) is 2.33. The number of halogens is 1. The Kier molecular flexibility index (Phi) is 3.49.